The predicted molar refractivity (Wildman–Crippen MR) is 117 cm³/mol. The molecule has 0 spiro atoms. The summed E-state index contributed by atoms with van der Waals surface area (Å²) in [4.78, 5) is 26.7. The molecule has 30 heavy (non-hydrogen) atoms. The summed E-state index contributed by atoms with van der Waals surface area (Å²) in [7, 11) is 3.42. The van der Waals surface area contributed by atoms with Crippen LogP contribution in [0.2, 0.25) is 0 Å². The van der Waals surface area contributed by atoms with Crippen molar-refractivity contribution in [2.75, 3.05) is 32.6 Å². The molecule has 4 saturated carbocycles. The normalized spacial score (nSPS) is 30.2. The maximum atomic E-state index is 12.7. The van der Waals surface area contributed by atoms with E-state index in [9.17, 15) is 9.59 Å². The number of ether oxygens (including phenoxy) is 1. The molecule has 4 fully saturated rings. The van der Waals surface area contributed by atoms with Gasteiger partial charge in [-0.15, -0.1) is 0 Å². The van der Waals surface area contributed by atoms with Crippen LogP contribution in [-0.2, 0) is 9.59 Å². The van der Waals surface area contributed by atoms with Crippen LogP contribution in [0.1, 0.15) is 45.4 Å². The molecule has 1 aromatic rings. The number of nitrogens with one attached hydrogen (secondary N) is 2. The van der Waals surface area contributed by atoms with Crippen LogP contribution in [0.3, 0.4) is 0 Å². The highest BCUT2D eigenvalue weighted by molar-refractivity contribution is 5.92. The molecule has 6 heteroatoms. The van der Waals surface area contributed by atoms with Gasteiger partial charge in [0.25, 0.3) is 0 Å². The molecule has 164 valence electrons. The number of hydrogen-bond acceptors (Lipinski definition) is 4. The van der Waals surface area contributed by atoms with Crippen LogP contribution in [0.5, 0.6) is 5.75 Å². The Morgan fingerprint density at radius 3 is 2.10 bits per heavy atom. The Kier molecular flexibility index (Phi) is 6.05. The van der Waals surface area contributed by atoms with E-state index in [1.54, 1.807) is 36.3 Å². The van der Waals surface area contributed by atoms with Gasteiger partial charge in [-0.1, -0.05) is 0 Å². The molecule has 0 radical (unpaired) electrons. The fourth-order valence-electron chi connectivity index (χ4n) is 6.57. The molecule has 0 heterocycles. The number of benzene rings is 1. The Hall–Kier alpha value is -2.08. The largest absolute Gasteiger partial charge is 0.497 e. The van der Waals surface area contributed by atoms with Crippen molar-refractivity contribution in [1.82, 2.24) is 10.2 Å². The Morgan fingerprint density at radius 2 is 1.57 bits per heavy atom. The number of carbonyl (C=O) groups is 2. The van der Waals surface area contributed by atoms with Gasteiger partial charge in [0, 0.05) is 11.7 Å². The lowest BCUT2D eigenvalue weighted by molar-refractivity contribution is -0.127. The van der Waals surface area contributed by atoms with E-state index in [0.717, 1.165) is 23.5 Å². The maximum absolute atomic E-state index is 12.7. The van der Waals surface area contributed by atoms with Crippen molar-refractivity contribution in [2.24, 2.45) is 23.2 Å². The predicted octanol–water partition coefficient (Wildman–Crippen LogP) is 3.29. The monoisotopic (exact) mass is 413 g/mol. The van der Waals surface area contributed by atoms with Gasteiger partial charge in [0.1, 0.15) is 5.75 Å². The molecule has 6 nitrogen and oxygen atoms in total. The minimum Gasteiger partial charge on any atom is -0.497 e. The second-order valence-corrected chi connectivity index (χ2v) is 10.0. The lowest BCUT2D eigenvalue weighted by atomic mass is 9.48. The van der Waals surface area contributed by atoms with Crippen molar-refractivity contribution in [2.45, 2.75) is 51.5 Å². The van der Waals surface area contributed by atoms with E-state index in [-0.39, 0.29) is 30.9 Å². The van der Waals surface area contributed by atoms with Gasteiger partial charge in [-0.3, -0.25) is 14.5 Å². The fourth-order valence-corrected chi connectivity index (χ4v) is 6.57. The molecule has 4 aliphatic carbocycles. The third-order valence-electron chi connectivity index (χ3n) is 7.58. The molecule has 0 saturated heterocycles. The molecule has 2 amide bonds. The summed E-state index contributed by atoms with van der Waals surface area (Å²) in [5, 5.41) is 6.14. The summed E-state index contributed by atoms with van der Waals surface area (Å²) in [6.45, 7) is 2.60. The number of amides is 2. The molecule has 1 atom stereocenters. The number of nitrogens with zero attached hydrogens (tertiary/aromatic N) is 1. The highest BCUT2D eigenvalue weighted by Crippen LogP contribution is 2.61. The van der Waals surface area contributed by atoms with Crippen LogP contribution in [-0.4, -0.2) is 50.0 Å². The van der Waals surface area contributed by atoms with E-state index in [0.29, 0.717) is 11.1 Å². The highest BCUT2D eigenvalue weighted by atomic mass is 16.5. The second kappa shape index (κ2) is 8.58. The van der Waals surface area contributed by atoms with Crippen molar-refractivity contribution in [3.63, 3.8) is 0 Å². The van der Waals surface area contributed by atoms with E-state index in [4.69, 9.17) is 4.74 Å². The summed E-state index contributed by atoms with van der Waals surface area (Å²) >= 11 is 0. The smallest absolute Gasteiger partial charge is 0.238 e. The van der Waals surface area contributed by atoms with Gasteiger partial charge in [0.05, 0.1) is 20.2 Å². The Morgan fingerprint density at radius 1 is 1.03 bits per heavy atom. The van der Waals surface area contributed by atoms with Gasteiger partial charge in [0.2, 0.25) is 11.8 Å². The van der Waals surface area contributed by atoms with Crippen molar-refractivity contribution in [3.05, 3.63) is 24.3 Å². The van der Waals surface area contributed by atoms with Crippen LogP contribution in [0.15, 0.2) is 24.3 Å². The van der Waals surface area contributed by atoms with E-state index < -0.39 is 0 Å². The number of likely N-dealkylation sites (N-methyl/N-ethyl adjacent to an activating group) is 1. The van der Waals surface area contributed by atoms with E-state index >= 15 is 0 Å². The van der Waals surface area contributed by atoms with Crippen LogP contribution in [0.25, 0.3) is 0 Å². The molecule has 1 aromatic carbocycles. The number of anilines is 1. The number of methoxy groups -OCH3 is 1. The van der Waals surface area contributed by atoms with Crippen LogP contribution in [0.4, 0.5) is 5.69 Å². The topological polar surface area (TPSA) is 70.7 Å². The van der Waals surface area contributed by atoms with Crippen molar-refractivity contribution >= 4 is 17.5 Å². The van der Waals surface area contributed by atoms with Gasteiger partial charge in [0.15, 0.2) is 0 Å². The first-order valence-corrected chi connectivity index (χ1v) is 11.3. The average Bonchev–Trinajstić information content (AvgIpc) is 2.67. The molecular formula is C24H35N3O3. The lowest BCUT2D eigenvalue weighted by Crippen LogP contribution is -2.56. The van der Waals surface area contributed by atoms with E-state index in [1.807, 2.05) is 7.05 Å². The van der Waals surface area contributed by atoms with E-state index in [1.165, 1.54) is 38.5 Å². The summed E-state index contributed by atoms with van der Waals surface area (Å²) in [5.41, 5.74) is 1.02. The van der Waals surface area contributed by atoms with Gasteiger partial charge >= 0.3 is 0 Å². The summed E-state index contributed by atoms with van der Waals surface area (Å²) in [6, 6.07) is 7.42. The van der Waals surface area contributed by atoms with Gasteiger partial charge in [-0.25, -0.2) is 0 Å². The molecule has 4 bridgehead atoms. The average molecular weight is 414 g/mol. The Labute approximate surface area is 179 Å². The summed E-state index contributed by atoms with van der Waals surface area (Å²) in [5.74, 6) is 3.25. The zero-order valence-electron chi connectivity index (χ0n) is 18.4. The third kappa shape index (κ3) is 4.64. The van der Waals surface area contributed by atoms with Gasteiger partial charge in [-0.05, 0) is 99.9 Å². The molecule has 0 unspecified atom stereocenters. The van der Waals surface area contributed by atoms with Crippen molar-refractivity contribution in [1.29, 1.82) is 0 Å². The zero-order valence-corrected chi connectivity index (χ0v) is 18.4. The number of rotatable bonds is 8. The molecular weight excluding hydrogens is 378 g/mol. The fraction of sp³-hybridized carbons (Fsp3) is 0.667. The van der Waals surface area contributed by atoms with Gasteiger partial charge < -0.3 is 15.4 Å². The number of hydrogen-bond donors (Lipinski definition) is 2. The molecule has 0 aromatic heterocycles. The summed E-state index contributed by atoms with van der Waals surface area (Å²) < 4.78 is 5.13. The summed E-state index contributed by atoms with van der Waals surface area (Å²) in [6.07, 6.45) is 8.06. The SMILES string of the molecule is COc1ccc(NC(=O)CN(C)CC(=O)N[C@@H](C)C23CC4CC(CC(C4)C2)C3)cc1. The zero-order chi connectivity index (χ0) is 21.3. The third-order valence-corrected chi connectivity index (χ3v) is 7.58. The van der Waals surface area contributed by atoms with Crippen LogP contribution >= 0.6 is 0 Å². The van der Waals surface area contributed by atoms with Crippen LogP contribution in [0, 0.1) is 23.2 Å². The number of carbonyl (C=O) groups excluding carboxylic acids is 2. The standard InChI is InChI=1S/C24H35N3O3/c1-16(24-11-17-8-18(12-24)10-19(9-17)13-24)25-22(28)14-27(2)15-23(29)26-20-4-6-21(30-3)7-5-20/h4-7,16-19H,8-15H2,1-3H3,(H,25,28)(H,26,29)/t16-,17?,18?,19?,24?/m0/s1. The lowest BCUT2D eigenvalue weighted by Gasteiger charge is -2.59. The van der Waals surface area contributed by atoms with Gasteiger partial charge in [-0.2, -0.15) is 0 Å². The molecule has 2 N–H and O–H groups in total. The minimum absolute atomic E-state index is 0.0120. The Balaban J connectivity index is 1.24. The van der Waals surface area contributed by atoms with Crippen LogP contribution < -0.4 is 15.4 Å². The highest BCUT2D eigenvalue weighted by Gasteiger charge is 2.53. The maximum Gasteiger partial charge on any atom is 0.238 e. The first-order chi connectivity index (χ1) is 14.3. The first-order valence-electron chi connectivity index (χ1n) is 11.3. The minimum atomic E-state index is -0.135. The van der Waals surface area contributed by atoms with E-state index in [2.05, 4.69) is 17.6 Å². The van der Waals surface area contributed by atoms with Crippen molar-refractivity contribution < 1.29 is 14.3 Å². The molecule has 5 rings (SSSR count). The second-order valence-electron chi connectivity index (χ2n) is 10.0. The molecule has 0 aliphatic heterocycles. The molecule has 4 aliphatic rings. The van der Waals surface area contributed by atoms with Crippen molar-refractivity contribution in [3.8, 4) is 5.75 Å². The quantitative estimate of drug-likeness (QED) is 0.686. The Bertz CT molecular complexity index is 741. The first kappa shape index (κ1) is 21.2.